The maximum absolute atomic E-state index is 13.8. The molecule has 2 aliphatic heterocycles. The van der Waals surface area contributed by atoms with Crippen LogP contribution in [0.3, 0.4) is 0 Å². The Morgan fingerprint density at radius 3 is 2.33 bits per heavy atom. The van der Waals surface area contributed by atoms with E-state index in [0.717, 1.165) is 14.9 Å². The van der Waals surface area contributed by atoms with E-state index in [-0.39, 0.29) is 29.0 Å². The van der Waals surface area contributed by atoms with Gasteiger partial charge in [0.2, 0.25) is 0 Å². The lowest BCUT2D eigenvalue weighted by molar-refractivity contribution is -0.136. The van der Waals surface area contributed by atoms with Gasteiger partial charge in [-0.2, -0.15) is 0 Å². The van der Waals surface area contributed by atoms with Gasteiger partial charge in [0.25, 0.3) is 5.91 Å². The number of hydrogen-bond donors (Lipinski definition) is 0. The Balaban J connectivity index is 0.00000149. The Morgan fingerprint density at radius 1 is 1.15 bits per heavy atom. The number of carbonyl (C=O) groups is 3. The number of aromatic nitrogens is 1. The molecule has 1 aromatic heterocycles. The molecule has 11 heteroatoms. The molecular formula is C22H23BrCl2N4O4. The summed E-state index contributed by atoms with van der Waals surface area (Å²) in [5.74, 6) is -0.465. The fraction of sp³-hybridized carbons (Fsp3) is 0.364. The molecule has 0 saturated carbocycles. The number of methoxy groups -OCH3 is 1. The molecule has 1 atom stereocenters. The van der Waals surface area contributed by atoms with E-state index in [0.29, 0.717) is 12.8 Å². The van der Waals surface area contributed by atoms with Gasteiger partial charge in [-0.1, -0.05) is 65.1 Å². The molecule has 0 bridgehead atoms. The topological polar surface area (TPSA) is 83.0 Å². The Kier molecular flexibility index (Phi) is 7.87. The van der Waals surface area contributed by atoms with Crippen molar-refractivity contribution in [3.8, 4) is 0 Å². The third-order valence-corrected chi connectivity index (χ3v) is 6.30. The molecule has 0 radical (unpaired) electrons. The molecule has 8 nitrogen and oxygen atoms in total. The first kappa shape index (κ1) is 25.3. The van der Waals surface area contributed by atoms with Gasteiger partial charge in [0, 0.05) is 17.4 Å². The molecular weight excluding hydrogens is 535 g/mol. The molecule has 4 rings (SSSR count). The largest absolute Gasteiger partial charge is 0.452 e. The first-order chi connectivity index (χ1) is 15.8. The Bertz CT molecular complexity index is 1050. The minimum atomic E-state index is -1.29. The number of carbonyl (C=O) groups excluding carboxylic acids is 3. The maximum Gasteiger partial charge on any atom is 0.428 e. The lowest BCUT2D eigenvalue weighted by Gasteiger charge is -2.44. The quantitative estimate of drug-likeness (QED) is 0.357. The highest BCUT2D eigenvalue weighted by Gasteiger charge is 2.62. The second kappa shape index (κ2) is 10.3. The van der Waals surface area contributed by atoms with E-state index in [1.165, 1.54) is 29.3 Å². The molecule has 33 heavy (non-hydrogen) atoms. The van der Waals surface area contributed by atoms with E-state index in [4.69, 9.17) is 27.9 Å². The third-order valence-electron chi connectivity index (χ3n) is 5.38. The SMILES string of the molecule is CC.COC(=O)N1CCCC2(Cc3ccc(Br)cc3)C(=O)N(c3cc(Cl)nc(Cl)c3)C(=O)N12. The summed E-state index contributed by atoms with van der Waals surface area (Å²) in [6.45, 7) is 4.25. The number of fused-ring (bicyclic) bond motifs is 1. The number of imide groups is 1. The number of rotatable bonds is 3. The van der Waals surface area contributed by atoms with Crippen molar-refractivity contribution < 1.29 is 19.1 Å². The monoisotopic (exact) mass is 556 g/mol. The summed E-state index contributed by atoms with van der Waals surface area (Å²) in [7, 11) is 1.23. The van der Waals surface area contributed by atoms with Crippen molar-refractivity contribution >= 4 is 62.9 Å². The average Bonchev–Trinajstić information content (AvgIpc) is 3.02. The maximum atomic E-state index is 13.8. The number of anilines is 1. The summed E-state index contributed by atoms with van der Waals surface area (Å²) in [6.07, 6.45) is 0.409. The Labute approximate surface area is 210 Å². The van der Waals surface area contributed by atoms with Crippen LogP contribution in [0.1, 0.15) is 32.3 Å². The fourth-order valence-electron chi connectivity index (χ4n) is 4.10. The number of benzene rings is 1. The van der Waals surface area contributed by atoms with E-state index in [2.05, 4.69) is 20.9 Å². The van der Waals surface area contributed by atoms with Gasteiger partial charge in [-0.15, -0.1) is 0 Å². The van der Waals surface area contributed by atoms with Crippen molar-refractivity contribution in [1.29, 1.82) is 0 Å². The van der Waals surface area contributed by atoms with Gasteiger partial charge < -0.3 is 4.74 Å². The van der Waals surface area contributed by atoms with Crippen LogP contribution in [0.4, 0.5) is 15.3 Å². The van der Waals surface area contributed by atoms with Crippen LogP contribution in [-0.2, 0) is 16.0 Å². The molecule has 2 aromatic rings. The highest BCUT2D eigenvalue weighted by Crippen LogP contribution is 2.42. The van der Waals surface area contributed by atoms with Crippen LogP contribution in [0.15, 0.2) is 40.9 Å². The number of hydrazine groups is 1. The van der Waals surface area contributed by atoms with E-state index in [1.54, 1.807) is 0 Å². The zero-order valence-corrected chi connectivity index (χ0v) is 21.4. The Morgan fingerprint density at radius 2 is 1.76 bits per heavy atom. The summed E-state index contributed by atoms with van der Waals surface area (Å²) < 4.78 is 5.77. The summed E-state index contributed by atoms with van der Waals surface area (Å²) in [4.78, 5) is 44.7. The van der Waals surface area contributed by atoms with Gasteiger partial charge in [0.05, 0.1) is 12.8 Å². The van der Waals surface area contributed by atoms with Crippen LogP contribution in [0.5, 0.6) is 0 Å². The zero-order valence-electron chi connectivity index (χ0n) is 18.3. The summed E-state index contributed by atoms with van der Waals surface area (Å²) in [6, 6.07) is 9.56. The van der Waals surface area contributed by atoms with Crippen LogP contribution in [0.2, 0.25) is 10.3 Å². The van der Waals surface area contributed by atoms with Crippen LogP contribution in [-0.4, -0.2) is 52.2 Å². The van der Waals surface area contributed by atoms with Crippen LogP contribution in [0.25, 0.3) is 0 Å². The predicted octanol–water partition coefficient (Wildman–Crippen LogP) is 5.70. The number of pyridine rings is 1. The molecule has 176 valence electrons. The van der Waals surface area contributed by atoms with Crippen molar-refractivity contribution in [3.05, 3.63) is 56.7 Å². The summed E-state index contributed by atoms with van der Waals surface area (Å²) in [5.41, 5.74) is -0.261. The molecule has 0 spiro atoms. The van der Waals surface area contributed by atoms with E-state index >= 15 is 0 Å². The summed E-state index contributed by atoms with van der Waals surface area (Å²) in [5, 5.41) is 2.49. The highest BCUT2D eigenvalue weighted by atomic mass is 79.9. The second-order valence-electron chi connectivity index (χ2n) is 7.24. The molecule has 2 fully saturated rings. The smallest absolute Gasteiger partial charge is 0.428 e. The minimum absolute atomic E-state index is 0.0414. The van der Waals surface area contributed by atoms with Crippen molar-refractivity contribution in [2.24, 2.45) is 0 Å². The molecule has 2 saturated heterocycles. The lowest BCUT2D eigenvalue weighted by Crippen LogP contribution is -2.63. The predicted molar refractivity (Wildman–Crippen MR) is 129 cm³/mol. The minimum Gasteiger partial charge on any atom is -0.452 e. The van der Waals surface area contributed by atoms with E-state index < -0.39 is 23.6 Å². The van der Waals surface area contributed by atoms with Gasteiger partial charge in [0.15, 0.2) is 0 Å². The van der Waals surface area contributed by atoms with Crippen LogP contribution >= 0.6 is 39.1 Å². The van der Waals surface area contributed by atoms with Crippen LogP contribution in [0, 0.1) is 0 Å². The normalized spacial score (nSPS) is 19.8. The molecule has 2 aliphatic rings. The first-order valence-electron chi connectivity index (χ1n) is 10.4. The zero-order chi connectivity index (χ0) is 24.3. The first-order valence-corrected chi connectivity index (χ1v) is 11.9. The lowest BCUT2D eigenvalue weighted by atomic mass is 9.84. The van der Waals surface area contributed by atoms with Gasteiger partial charge in [-0.3, -0.25) is 4.79 Å². The van der Waals surface area contributed by atoms with Gasteiger partial charge in [-0.25, -0.2) is 29.5 Å². The number of halogens is 3. The van der Waals surface area contributed by atoms with Gasteiger partial charge in [-0.05, 0) is 42.7 Å². The average molecular weight is 558 g/mol. The van der Waals surface area contributed by atoms with Crippen molar-refractivity contribution in [2.75, 3.05) is 18.6 Å². The molecule has 3 heterocycles. The third kappa shape index (κ3) is 4.67. The van der Waals surface area contributed by atoms with Crippen LogP contribution < -0.4 is 4.90 Å². The standard InChI is InChI=1S/C20H17BrCl2N4O4.C2H6/c1-31-19(30)25-8-2-7-20(11-12-3-5-13(21)6-4-12)17(28)26(18(29)27(20)25)14-9-15(22)24-16(23)10-14;1-2/h3-6,9-10H,2,7-8,11H2,1H3;1-2H3. The molecule has 0 N–H and O–H groups in total. The van der Waals surface area contributed by atoms with Crippen molar-refractivity contribution in [1.82, 2.24) is 15.0 Å². The number of ether oxygens (including phenoxy) is 1. The number of hydrogen-bond acceptors (Lipinski definition) is 5. The van der Waals surface area contributed by atoms with Gasteiger partial charge >= 0.3 is 12.1 Å². The number of nitrogens with zero attached hydrogens (tertiary/aromatic N) is 4. The molecule has 1 aromatic carbocycles. The fourth-order valence-corrected chi connectivity index (χ4v) is 4.81. The van der Waals surface area contributed by atoms with E-state index in [9.17, 15) is 14.4 Å². The summed E-state index contributed by atoms with van der Waals surface area (Å²) >= 11 is 15.4. The number of amides is 4. The van der Waals surface area contributed by atoms with E-state index in [1.807, 2.05) is 38.1 Å². The highest BCUT2D eigenvalue weighted by molar-refractivity contribution is 9.10. The molecule has 0 aliphatic carbocycles. The Hall–Kier alpha value is -2.36. The van der Waals surface area contributed by atoms with Crippen molar-refractivity contribution in [3.63, 3.8) is 0 Å². The second-order valence-corrected chi connectivity index (χ2v) is 8.93. The molecule has 1 unspecified atom stereocenters. The molecule has 4 amide bonds. The van der Waals surface area contributed by atoms with Gasteiger partial charge in [0.1, 0.15) is 15.8 Å². The number of urea groups is 1. The van der Waals surface area contributed by atoms with Crippen molar-refractivity contribution in [2.45, 2.75) is 38.6 Å².